The molecule has 19 atom stereocenters. The topological polar surface area (TPSA) is 374 Å². The highest BCUT2D eigenvalue weighted by Crippen LogP contribution is 2.49. The van der Waals surface area contributed by atoms with E-state index >= 15 is 0 Å². The number of unbranched alkanes of at least 4 members (excludes halogenated alkanes) is 33. The number of phosphoric acid groups is 1. The van der Waals surface area contributed by atoms with Crippen molar-refractivity contribution in [1.82, 2.24) is 0 Å². The summed E-state index contributed by atoms with van der Waals surface area (Å²) in [6, 6.07) is 0. The first-order valence-electron chi connectivity index (χ1n) is 37.7. The number of esters is 3. The van der Waals surface area contributed by atoms with Gasteiger partial charge in [0.05, 0.1) is 13.2 Å². The summed E-state index contributed by atoms with van der Waals surface area (Å²) in [5, 5.41) is 110. The van der Waals surface area contributed by atoms with E-state index in [0.717, 1.165) is 89.9 Å². The van der Waals surface area contributed by atoms with Gasteiger partial charge >= 0.3 is 25.7 Å². The fraction of sp³-hybridized carbons (Fsp3) is 0.958. The molecular formula is C71H133O24P. The summed E-state index contributed by atoms with van der Waals surface area (Å²) in [6.45, 7) is 5.76. The maximum absolute atomic E-state index is 14.3. The number of aliphatic hydroxyl groups excluding tert-OH is 10. The van der Waals surface area contributed by atoms with Crippen molar-refractivity contribution in [1.29, 1.82) is 0 Å². The molecule has 0 radical (unpaired) electrons. The maximum atomic E-state index is 14.3. The highest BCUT2D eigenvalue weighted by Gasteiger charge is 2.58. The van der Waals surface area contributed by atoms with E-state index in [2.05, 4.69) is 27.7 Å². The Hall–Kier alpha value is -2.04. The van der Waals surface area contributed by atoms with Crippen LogP contribution in [0.5, 0.6) is 0 Å². The lowest BCUT2D eigenvalue weighted by Crippen LogP contribution is -2.69. The van der Waals surface area contributed by atoms with Crippen LogP contribution in [0, 0.1) is 5.92 Å². The Kier molecular flexibility index (Phi) is 48.5. The fourth-order valence-corrected chi connectivity index (χ4v) is 13.7. The molecule has 19 unspecified atom stereocenters. The van der Waals surface area contributed by atoms with E-state index in [4.69, 9.17) is 42.2 Å². The molecule has 3 fully saturated rings. The summed E-state index contributed by atoms with van der Waals surface area (Å²) in [6.07, 6.45) is 7.56. The summed E-state index contributed by atoms with van der Waals surface area (Å²) in [7, 11) is -5.69. The van der Waals surface area contributed by atoms with E-state index in [0.29, 0.717) is 25.2 Å². The van der Waals surface area contributed by atoms with Crippen molar-refractivity contribution in [2.45, 2.75) is 402 Å². The number of ether oxygens (including phenoxy) is 7. The van der Waals surface area contributed by atoms with Gasteiger partial charge in [0.2, 0.25) is 0 Å². The van der Waals surface area contributed by atoms with Crippen LogP contribution in [0.25, 0.3) is 0 Å². The molecule has 3 aliphatic rings. The summed E-state index contributed by atoms with van der Waals surface area (Å²) < 4.78 is 65.0. The molecule has 25 heteroatoms. The van der Waals surface area contributed by atoms with Crippen LogP contribution in [0.4, 0.5) is 0 Å². The largest absolute Gasteiger partial charge is 0.472 e. The minimum absolute atomic E-state index is 0.0323. The van der Waals surface area contributed by atoms with Gasteiger partial charge in [-0.2, -0.15) is 0 Å². The van der Waals surface area contributed by atoms with Crippen molar-refractivity contribution in [2.75, 3.05) is 26.4 Å². The molecule has 96 heavy (non-hydrogen) atoms. The third-order valence-electron chi connectivity index (χ3n) is 19.0. The van der Waals surface area contributed by atoms with Gasteiger partial charge in [0.1, 0.15) is 98.7 Å². The lowest BCUT2D eigenvalue weighted by Gasteiger charge is -2.49. The smallest absolute Gasteiger partial charge is 0.463 e. The van der Waals surface area contributed by atoms with E-state index in [-0.39, 0.29) is 19.3 Å². The Morgan fingerprint density at radius 2 is 0.729 bits per heavy atom. The van der Waals surface area contributed by atoms with Crippen LogP contribution in [0.1, 0.15) is 297 Å². The second-order valence-corrected chi connectivity index (χ2v) is 29.1. The zero-order chi connectivity index (χ0) is 70.5. The van der Waals surface area contributed by atoms with Crippen molar-refractivity contribution in [3.63, 3.8) is 0 Å². The molecule has 0 aromatic carbocycles. The molecule has 1 saturated carbocycles. The molecule has 0 amide bonds. The van der Waals surface area contributed by atoms with E-state index in [1.54, 1.807) is 0 Å². The fourth-order valence-electron chi connectivity index (χ4n) is 12.8. The minimum Gasteiger partial charge on any atom is -0.463 e. The van der Waals surface area contributed by atoms with Crippen molar-refractivity contribution in [3.8, 4) is 0 Å². The Morgan fingerprint density at radius 3 is 1.12 bits per heavy atom. The average Bonchev–Trinajstić information content (AvgIpc) is 0.763. The van der Waals surface area contributed by atoms with Gasteiger partial charge in [-0.3, -0.25) is 23.4 Å². The molecule has 2 aliphatic heterocycles. The van der Waals surface area contributed by atoms with Crippen LogP contribution in [0.2, 0.25) is 0 Å². The summed E-state index contributed by atoms with van der Waals surface area (Å²) in [5.74, 6) is -1.30. The molecule has 24 nitrogen and oxygen atoms in total. The van der Waals surface area contributed by atoms with Crippen LogP contribution in [-0.2, 0) is 61.2 Å². The first-order valence-corrected chi connectivity index (χ1v) is 39.2. The summed E-state index contributed by atoms with van der Waals surface area (Å²) >= 11 is 0. The highest BCUT2D eigenvalue weighted by molar-refractivity contribution is 7.47. The number of carbonyl (C=O) groups excluding carboxylic acids is 3. The number of aliphatic hydroxyl groups is 10. The maximum Gasteiger partial charge on any atom is 0.472 e. The van der Waals surface area contributed by atoms with Crippen LogP contribution in [0.15, 0.2) is 0 Å². The zero-order valence-electron chi connectivity index (χ0n) is 59.1. The van der Waals surface area contributed by atoms with Crippen LogP contribution >= 0.6 is 7.82 Å². The van der Waals surface area contributed by atoms with Gasteiger partial charge in [0.25, 0.3) is 0 Å². The predicted octanol–water partition coefficient (Wildman–Crippen LogP) is 10.0. The van der Waals surface area contributed by atoms with E-state index in [1.807, 2.05) is 0 Å². The normalized spacial score (nSPS) is 28.2. The first-order chi connectivity index (χ1) is 46.2. The van der Waals surface area contributed by atoms with E-state index < -0.39 is 156 Å². The van der Waals surface area contributed by atoms with Gasteiger partial charge in [0, 0.05) is 19.3 Å². The Bertz CT molecular complexity index is 2010. The third kappa shape index (κ3) is 36.2. The molecule has 1 aliphatic carbocycles. The van der Waals surface area contributed by atoms with Crippen molar-refractivity contribution >= 4 is 25.7 Å². The third-order valence-corrected chi connectivity index (χ3v) is 20.0. The summed E-state index contributed by atoms with van der Waals surface area (Å²) in [5.41, 5.74) is 0. The number of carbonyl (C=O) groups is 3. The molecule has 2 saturated heterocycles. The van der Waals surface area contributed by atoms with Gasteiger partial charge in [-0.15, -0.1) is 0 Å². The van der Waals surface area contributed by atoms with Crippen LogP contribution in [0.3, 0.4) is 0 Å². The molecule has 0 aromatic heterocycles. The molecule has 0 spiro atoms. The van der Waals surface area contributed by atoms with Gasteiger partial charge in [-0.05, 0) is 25.2 Å². The van der Waals surface area contributed by atoms with Crippen LogP contribution < -0.4 is 0 Å². The molecular weight excluding hydrogens is 1270 g/mol. The molecule has 0 aromatic rings. The molecule has 0 bridgehead atoms. The van der Waals surface area contributed by atoms with Gasteiger partial charge in [-0.1, -0.05) is 259 Å². The second-order valence-electron chi connectivity index (χ2n) is 27.7. The molecule has 3 rings (SSSR count). The standard InChI is InChI=1S/C71H133O24P/c1-5-8-11-14-17-19-21-22-23-25-27-28-34-39-44-55(73)87-48-52(90-57(75)46-41-36-31-30-33-38-43-51(4)42-37-32-16-13-10-7-3)49-89-96(85,86)95-69-67(93-70-65(83)60(78)58(76)53(47-72)91-70)63(81)62(80)64(82)68(69)94-71-66(84)61(79)59(77)54(92-71)50-88-56(74)45-40-35-29-26-24-20-18-15-12-9-6-2/h51-54,58-72,76-84H,5-50H2,1-4H3,(H,85,86). The number of phosphoric ester groups is 1. The second kappa shape index (κ2) is 52.9. The Labute approximate surface area is 574 Å². The predicted molar refractivity (Wildman–Crippen MR) is 361 cm³/mol. The molecule has 2 heterocycles. The highest BCUT2D eigenvalue weighted by atomic mass is 31.2. The Morgan fingerprint density at radius 1 is 0.396 bits per heavy atom. The minimum atomic E-state index is -5.69. The van der Waals surface area contributed by atoms with Crippen molar-refractivity contribution in [3.05, 3.63) is 0 Å². The van der Waals surface area contributed by atoms with Crippen molar-refractivity contribution < 1.29 is 117 Å². The van der Waals surface area contributed by atoms with E-state index in [1.165, 1.54) is 141 Å². The molecule has 566 valence electrons. The quantitative estimate of drug-likeness (QED) is 0.0117. The van der Waals surface area contributed by atoms with Crippen molar-refractivity contribution in [2.24, 2.45) is 5.92 Å². The lowest BCUT2D eigenvalue weighted by molar-refractivity contribution is -0.360. The molecule has 11 N–H and O–H groups in total. The zero-order valence-corrected chi connectivity index (χ0v) is 60.0. The SMILES string of the molecule is CCCCCCCCCCCCCCCCC(=O)OCC(COP(=O)(O)OC1C(OC2OC(CO)C(O)C(O)C2O)C(O)C(O)C(O)C1OC1OC(COC(=O)CCCCCCCCCCCCC)C(O)C(O)C1O)OC(=O)CCCCCCCCC(C)CCCCCCCC. The number of hydrogen-bond donors (Lipinski definition) is 11. The summed E-state index contributed by atoms with van der Waals surface area (Å²) in [4.78, 5) is 51.0. The first kappa shape index (κ1) is 88.2. The van der Waals surface area contributed by atoms with Crippen LogP contribution in [-0.4, -0.2) is 204 Å². The van der Waals surface area contributed by atoms with Gasteiger partial charge in [-0.25, -0.2) is 4.57 Å². The van der Waals surface area contributed by atoms with Gasteiger partial charge < -0.3 is 89.1 Å². The number of hydrogen-bond acceptors (Lipinski definition) is 23. The monoisotopic (exact) mass is 1400 g/mol. The Balaban J connectivity index is 1.75. The number of rotatable bonds is 58. The lowest BCUT2D eigenvalue weighted by atomic mass is 9.84. The average molecular weight is 1400 g/mol. The van der Waals surface area contributed by atoms with E-state index in [9.17, 15) is 74.9 Å². The van der Waals surface area contributed by atoms with Gasteiger partial charge in [0.15, 0.2) is 18.7 Å².